The lowest BCUT2D eigenvalue weighted by atomic mass is 10.0. The zero-order valence-electron chi connectivity index (χ0n) is 65.1. The largest absolute Gasteiger partial charge is 0.506 e. The molecule has 5 aromatic carbocycles. The van der Waals surface area contributed by atoms with Crippen LogP contribution in [0.4, 0.5) is 5.69 Å². The van der Waals surface area contributed by atoms with Crippen LogP contribution in [0.1, 0.15) is 101 Å². The third-order valence-electron chi connectivity index (χ3n) is 16.9. The molecule has 15 rings (SSSR count). The lowest BCUT2D eigenvalue weighted by Crippen LogP contribution is -2.38. The number of fused-ring (bicyclic) bond motifs is 15. The molecule has 0 fully saturated rings. The molecule has 1 aliphatic rings. The zero-order valence-corrected chi connectivity index (χ0v) is 71.7. The van der Waals surface area contributed by atoms with Crippen LogP contribution < -0.4 is 40.7 Å². The summed E-state index contributed by atoms with van der Waals surface area (Å²) in [6.45, 7) is 25.9. The van der Waals surface area contributed by atoms with Crippen molar-refractivity contribution in [2.75, 3.05) is 63.6 Å². The molecule has 3 atom stereocenters. The predicted octanol–water partition coefficient (Wildman–Crippen LogP) is 15.4. The topological polar surface area (TPSA) is 352 Å². The Morgan fingerprint density at radius 2 is 0.938 bits per heavy atom. The second-order valence-corrected chi connectivity index (χ2v) is 36.7. The van der Waals surface area contributed by atoms with Crippen molar-refractivity contribution in [2.24, 2.45) is 5.73 Å². The van der Waals surface area contributed by atoms with E-state index < -0.39 is 36.3 Å². The Labute approximate surface area is 673 Å². The van der Waals surface area contributed by atoms with Gasteiger partial charge in [0.15, 0.2) is 16.4 Å². The highest BCUT2D eigenvalue weighted by molar-refractivity contribution is 7.87. The highest BCUT2D eigenvalue weighted by Crippen LogP contribution is 2.46. The monoisotopic (exact) mass is 1670 g/mol. The number of aromatic hydroxyl groups is 1. The summed E-state index contributed by atoms with van der Waals surface area (Å²) in [5, 5.41) is 33.0. The number of thiol groups is 1. The number of carbonyl (C=O) groups is 3. The molecule has 32 heteroatoms. The molecule has 9 aromatic heterocycles. The van der Waals surface area contributed by atoms with Crippen molar-refractivity contribution >= 4 is 207 Å². The third-order valence-corrected chi connectivity index (χ3v) is 22.8. The minimum absolute atomic E-state index is 0.0110. The molecular formula is C80H91N11O13S8. The van der Waals surface area contributed by atoms with Gasteiger partial charge < -0.3 is 50.0 Å². The maximum absolute atomic E-state index is 12.8. The third kappa shape index (κ3) is 21.7. The van der Waals surface area contributed by atoms with Gasteiger partial charge in [0.25, 0.3) is 11.8 Å². The van der Waals surface area contributed by atoms with Crippen LogP contribution in [-0.4, -0.2) is 149 Å². The van der Waals surface area contributed by atoms with E-state index in [-0.39, 0.29) is 51.2 Å². The summed E-state index contributed by atoms with van der Waals surface area (Å²) in [5.41, 5.74) is 18.0. The summed E-state index contributed by atoms with van der Waals surface area (Å²) in [6.07, 6.45) is 2.52. The van der Waals surface area contributed by atoms with Gasteiger partial charge in [0, 0.05) is 138 Å². The molecule has 0 bridgehead atoms. The number of nitrogens with zero attached hydrogens (tertiary/aromatic N) is 5. The Morgan fingerprint density at radius 1 is 0.554 bits per heavy atom. The first-order chi connectivity index (χ1) is 52.8. The maximum atomic E-state index is 12.8. The molecule has 2 amide bonds. The number of anilines is 1. The number of amides is 2. The number of aryl methyl sites for hydroxylation is 8. The number of benzene rings is 5. The van der Waals surface area contributed by atoms with Crippen LogP contribution in [0, 0.1) is 55.4 Å². The van der Waals surface area contributed by atoms with Crippen LogP contribution in [0.25, 0.3) is 94.9 Å². The van der Waals surface area contributed by atoms with Crippen LogP contribution >= 0.6 is 58.0 Å². The number of hydrogen-bond acceptors (Lipinski definition) is 27. The summed E-state index contributed by atoms with van der Waals surface area (Å²) in [4.78, 5) is 61.4. The van der Waals surface area contributed by atoms with Gasteiger partial charge in [0.1, 0.15) is 15.5 Å². The fourth-order valence-electron chi connectivity index (χ4n) is 12.0. The highest BCUT2D eigenvalue weighted by Gasteiger charge is 2.30. The van der Waals surface area contributed by atoms with Crippen molar-refractivity contribution in [3.8, 4) is 17.2 Å². The quantitative estimate of drug-likeness (QED) is 0.0416. The fraction of sp³-hybridized carbons (Fsp3) is 0.300. The highest BCUT2D eigenvalue weighted by atomic mass is 32.2. The molecule has 3 unspecified atom stereocenters. The molecule has 0 saturated carbocycles. The van der Waals surface area contributed by atoms with Gasteiger partial charge in [-0.25, -0.2) is 4.79 Å². The number of likely N-dealkylation sites (N-methyl/N-ethyl adjacent to an activating group) is 2. The minimum Gasteiger partial charge on any atom is -0.506 e. The molecule has 0 spiro atoms. The van der Waals surface area contributed by atoms with Crippen molar-refractivity contribution in [3.05, 3.63) is 180 Å². The molecule has 10 heterocycles. The van der Waals surface area contributed by atoms with E-state index in [1.54, 1.807) is 49.6 Å². The average molecular weight is 1670 g/mol. The lowest BCUT2D eigenvalue weighted by Gasteiger charge is -2.13. The van der Waals surface area contributed by atoms with Crippen LogP contribution in [0.15, 0.2) is 121 Å². The van der Waals surface area contributed by atoms with Gasteiger partial charge in [-0.3, -0.25) is 34.5 Å². The van der Waals surface area contributed by atoms with E-state index in [0.29, 0.717) is 44.2 Å². The van der Waals surface area contributed by atoms with Crippen molar-refractivity contribution in [2.45, 2.75) is 101 Å². The van der Waals surface area contributed by atoms with Gasteiger partial charge in [0.05, 0.1) is 52.0 Å². The molecule has 0 saturated heterocycles. The molecular weight excluding hydrogens is 1580 g/mol. The first-order valence-electron chi connectivity index (χ1n) is 35.4. The number of thiophene rings is 4. The number of pyridine rings is 5. The van der Waals surface area contributed by atoms with Crippen molar-refractivity contribution < 1.29 is 57.3 Å². The summed E-state index contributed by atoms with van der Waals surface area (Å²) >= 11 is 9.03. The second-order valence-electron chi connectivity index (χ2n) is 26.9. The number of rotatable bonds is 12. The molecule has 24 nitrogen and oxygen atoms in total. The van der Waals surface area contributed by atoms with Crippen molar-refractivity contribution in [1.82, 2.24) is 46.2 Å². The Bertz CT molecular complexity index is 6240. The first kappa shape index (κ1) is 86.7. The van der Waals surface area contributed by atoms with E-state index >= 15 is 0 Å². The Balaban J connectivity index is 0.000000159. The summed E-state index contributed by atoms with van der Waals surface area (Å²) < 4.78 is 87.8. The number of nitrogens with two attached hydrogens (primary N) is 1. The van der Waals surface area contributed by atoms with Gasteiger partial charge in [-0.1, -0.05) is 43.3 Å². The SMILES string of the molecule is CCS.CNCC(C)N.CNCC(C)NC(=O)c1sc2ccc3nc(C)ccc3c2c1OS(C)(=O)=O.Cc1ccc2c(C)c(C)ccc2n1.Cc1ccc2c(ccc3sc(C(=O)OS(C)(=O)=O)c(OS(C)(=O)=O)c32)n1.Cc1ccc2c(ccc3sc(C)c(O)c32)n1.Cc1ccc2c(ccc3sc4c(c32)NCC(C)NC4=O)n1. The minimum atomic E-state index is -4.08. The van der Waals surface area contributed by atoms with Gasteiger partial charge in [0.2, 0.25) is 0 Å². The second kappa shape index (κ2) is 37.1. The van der Waals surface area contributed by atoms with Crippen LogP contribution in [-0.2, 0) is 34.5 Å². The van der Waals surface area contributed by atoms with Gasteiger partial charge >= 0.3 is 36.3 Å². The standard InChI is InChI=1S/C18H21N3O4S2.C16H15N3OS.C15H13NO7S3.C13H11NOS.C12H13N.C4H12N2.C2H6S/c1-10-5-6-12-13(20-10)7-8-14-15(12)16(25-27(4,23)24)17(26-14)18(22)21-11(2)9-19-3;1-8-3-4-10-11(18-8)5-6-12-13(10)14-15(21-12)16(20)19-9(2)7-17-14;1-8-4-5-9-10(16-8)6-7-11-12(9)13(22-25(2,18)19)14(24-11)15(17)23-26(3,20)21;1-7-3-4-9-10(14-7)5-6-11-12(9)13(15)8(2)16-11;1-8-4-7-12-11(10(8)3)6-5-9(2)13-12;1-4(5)3-6-2;1-2-3/h5-8,11,19H,9H2,1-4H3,(H,21,22);3-6,9,17H,7H2,1-2H3,(H,19,20);4-7H,1-3H3;3-6,15H,1-2H3;4-7H,1-3H3;4,6H,3,5H2,1-2H3;3H,2H2,1H3. The number of hydrogen-bond donors (Lipinski definition) is 8. The molecule has 0 radical (unpaired) electrons. The van der Waals surface area contributed by atoms with Crippen molar-refractivity contribution in [3.63, 3.8) is 0 Å². The summed E-state index contributed by atoms with van der Waals surface area (Å²) in [7, 11) is -8.19. The predicted molar refractivity (Wildman–Crippen MR) is 464 cm³/mol. The molecule has 8 N–H and O–H groups in total. The van der Waals surface area contributed by atoms with E-state index in [9.17, 15) is 44.7 Å². The van der Waals surface area contributed by atoms with Crippen LogP contribution in [0.5, 0.6) is 17.2 Å². The van der Waals surface area contributed by atoms with Gasteiger partial charge in [-0.2, -0.15) is 37.9 Å². The maximum Gasteiger partial charge on any atom is 0.367 e. The number of aromatic nitrogens is 5. The summed E-state index contributed by atoms with van der Waals surface area (Å²) in [5.74, 6) is -0.431. The molecule has 14 aromatic rings. The molecule has 0 aliphatic carbocycles. The first-order valence-corrected chi connectivity index (χ1v) is 44.7. The lowest BCUT2D eigenvalue weighted by molar-refractivity contribution is 0.0751. The Kier molecular flexibility index (Phi) is 28.7. The van der Waals surface area contributed by atoms with E-state index in [2.05, 4.69) is 119 Å². The Hall–Kier alpha value is -9.32. The van der Waals surface area contributed by atoms with E-state index in [4.69, 9.17) is 14.1 Å². The van der Waals surface area contributed by atoms with Gasteiger partial charge in [-0.15, -0.1) is 45.3 Å². The van der Waals surface area contributed by atoms with E-state index in [0.717, 1.165) is 150 Å². The Morgan fingerprint density at radius 3 is 1.36 bits per heavy atom. The summed E-state index contributed by atoms with van der Waals surface area (Å²) in [6, 6.07) is 39.2. The number of carbonyl (C=O) groups excluding carboxylic acids is 3. The zero-order chi connectivity index (χ0) is 82.0. The van der Waals surface area contributed by atoms with Crippen molar-refractivity contribution in [1.29, 1.82) is 0 Å². The average Bonchev–Trinajstić information content (AvgIpc) is 1.58. The fourth-order valence-corrected chi connectivity index (χ4v) is 17.6. The number of nitrogens with one attached hydrogen (secondary N) is 5. The molecule has 592 valence electrons. The molecule has 1 aliphatic heterocycles. The normalized spacial score (nSPS) is 13.2. The van der Waals surface area contributed by atoms with Crippen LogP contribution in [0.3, 0.4) is 0 Å². The smallest absolute Gasteiger partial charge is 0.367 e. The van der Waals surface area contributed by atoms with E-state index in [1.807, 2.05) is 130 Å². The van der Waals surface area contributed by atoms with Crippen LogP contribution in [0.2, 0.25) is 0 Å². The van der Waals surface area contributed by atoms with Gasteiger partial charge in [-0.05, 0) is 192 Å². The molecule has 112 heavy (non-hydrogen) atoms. The van der Waals surface area contributed by atoms with E-state index in [1.165, 1.54) is 39.2 Å².